The topological polar surface area (TPSA) is 30.4 Å². The second-order valence-corrected chi connectivity index (χ2v) is 3.70. The van der Waals surface area contributed by atoms with Crippen LogP contribution < -0.4 is 5.73 Å². The molecular formula is C15H12N2. The average Bonchev–Trinajstić information content (AvgIpc) is 2.39. The molecule has 2 N–H and O–H groups in total. The highest BCUT2D eigenvalue weighted by Crippen LogP contribution is 2.15. The molecule has 2 rings (SSSR count). The lowest BCUT2D eigenvalue weighted by Crippen LogP contribution is -1.82. The maximum Gasteiger partial charge on any atom is 0.187 e. The third-order valence-electron chi connectivity index (χ3n) is 2.43. The standard InChI is InChI=1S/C15H12N2/c1-17-15-10-6-13(7-11-15)3-2-12-4-8-14(16)9-5-12/h2-11H,16H2/b3-2+. The van der Waals surface area contributed by atoms with Gasteiger partial charge in [0.2, 0.25) is 0 Å². The summed E-state index contributed by atoms with van der Waals surface area (Å²) in [7, 11) is 0. The maximum atomic E-state index is 6.87. The van der Waals surface area contributed by atoms with E-state index in [-0.39, 0.29) is 0 Å². The smallest absolute Gasteiger partial charge is 0.187 e. The van der Waals surface area contributed by atoms with Gasteiger partial charge in [-0.1, -0.05) is 48.6 Å². The van der Waals surface area contributed by atoms with Crippen molar-refractivity contribution in [2.24, 2.45) is 0 Å². The van der Waals surface area contributed by atoms with Crippen molar-refractivity contribution in [3.63, 3.8) is 0 Å². The zero-order valence-corrected chi connectivity index (χ0v) is 9.30. The predicted molar refractivity (Wildman–Crippen MR) is 72.5 cm³/mol. The summed E-state index contributed by atoms with van der Waals surface area (Å²) in [5.74, 6) is 0. The normalized spacial score (nSPS) is 10.3. The van der Waals surface area contributed by atoms with Crippen molar-refractivity contribution in [1.82, 2.24) is 0 Å². The van der Waals surface area contributed by atoms with Gasteiger partial charge in [-0.2, -0.15) is 0 Å². The van der Waals surface area contributed by atoms with Crippen LogP contribution in [0.5, 0.6) is 0 Å². The first-order chi connectivity index (χ1) is 8.28. The Morgan fingerprint density at radius 3 is 1.76 bits per heavy atom. The van der Waals surface area contributed by atoms with E-state index in [0.29, 0.717) is 5.69 Å². The first-order valence-corrected chi connectivity index (χ1v) is 5.29. The number of hydrogen-bond acceptors (Lipinski definition) is 1. The van der Waals surface area contributed by atoms with Crippen LogP contribution in [0.4, 0.5) is 11.4 Å². The van der Waals surface area contributed by atoms with Crippen LogP contribution in [-0.4, -0.2) is 0 Å². The molecule has 0 aliphatic carbocycles. The van der Waals surface area contributed by atoms with Gasteiger partial charge in [0, 0.05) is 5.69 Å². The Bertz CT molecular complexity index is 557. The third kappa shape index (κ3) is 2.96. The number of rotatable bonds is 2. The quantitative estimate of drug-likeness (QED) is 0.463. The van der Waals surface area contributed by atoms with Crippen molar-refractivity contribution < 1.29 is 0 Å². The Morgan fingerprint density at radius 1 is 0.824 bits per heavy atom. The second-order valence-electron chi connectivity index (χ2n) is 3.70. The average molecular weight is 220 g/mol. The summed E-state index contributed by atoms with van der Waals surface area (Å²) < 4.78 is 0. The predicted octanol–water partition coefficient (Wildman–Crippen LogP) is 3.99. The second kappa shape index (κ2) is 5.00. The van der Waals surface area contributed by atoms with Crippen LogP contribution in [0.1, 0.15) is 11.1 Å². The van der Waals surface area contributed by atoms with Crippen LogP contribution in [0.25, 0.3) is 17.0 Å². The summed E-state index contributed by atoms with van der Waals surface area (Å²) >= 11 is 0. The zero-order valence-electron chi connectivity index (χ0n) is 9.30. The van der Waals surface area contributed by atoms with Crippen LogP contribution in [-0.2, 0) is 0 Å². The molecule has 0 unspecified atom stereocenters. The molecule has 0 spiro atoms. The zero-order chi connectivity index (χ0) is 12.1. The number of benzene rings is 2. The van der Waals surface area contributed by atoms with Crippen LogP contribution >= 0.6 is 0 Å². The van der Waals surface area contributed by atoms with Gasteiger partial charge < -0.3 is 5.73 Å². The van der Waals surface area contributed by atoms with Crippen LogP contribution in [0.3, 0.4) is 0 Å². The van der Waals surface area contributed by atoms with Gasteiger partial charge in [0.25, 0.3) is 0 Å². The van der Waals surface area contributed by atoms with Crippen LogP contribution in [0, 0.1) is 6.57 Å². The molecule has 0 saturated heterocycles. The van der Waals surface area contributed by atoms with Crippen molar-refractivity contribution in [1.29, 1.82) is 0 Å². The highest BCUT2D eigenvalue weighted by molar-refractivity contribution is 5.71. The summed E-state index contributed by atoms with van der Waals surface area (Å²) in [5.41, 5.74) is 9.23. The molecule has 2 nitrogen and oxygen atoms in total. The van der Waals surface area contributed by atoms with Gasteiger partial charge in [0.15, 0.2) is 5.69 Å². The molecule has 0 aliphatic rings. The fraction of sp³-hybridized carbons (Fsp3) is 0. The number of nitrogen functional groups attached to an aromatic ring is 1. The molecule has 0 atom stereocenters. The SMILES string of the molecule is [C-]#[N+]c1ccc(/C=C/c2ccc(N)cc2)cc1. The molecule has 82 valence electrons. The fourth-order valence-corrected chi connectivity index (χ4v) is 1.46. The first-order valence-electron chi connectivity index (χ1n) is 5.29. The van der Waals surface area contributed by atoms with Gasteiger partial charge in [-0.3, -0.25) is 0 Å². The monoisotopic (exact) mass is 220 g/mol. The fourth-order valence-electron chi connectivity index (χ4n) is 1.46. The van der Waals surface area contributed by atoms with Crippen molar-refractivity contribution >= 4 is 23.5 Å². The molecule has 0 heterocycles. The maximum absolute atomic E-state index is 6.87. The van der Waals surface area contributed by atoms with E-state index in [2.05, 4.69) is 4.85 Å². The van der Waals surface area contributed by atoms with Gasteiger partial charge in [0.05, 0.1) is 6.57 Å². The molecule has 0 aliphatic heterocycles. The molecule has 2 aromatic carbocycles. The van der Waals surface area contributed by atoms with Crippen molar-refractivity contribution in [2.75, 3.05) is 5.73 Å². The van der Waals surface area contributed by atoms with E-state index in [0.717, 1.165) is 16.8 Å². The number of anilines is 1. The molecule has 0 aromatic heterocycles. The Hall–Kier alpha value is -2.53. The van der Waals surface area contributed by atoms with E-state index in [1.807, 2.05) is 60.7 Å². The van der Waals surface area contributed by atoms with Crippen molar-refractivity contribution in [3.8, 4) is 0 Å². The van der Waals surface area contributed by atoms with Gasteiger partial charge in [-0.25, -0.2) is 4.85 Å². The van der Waals surface area contributed by atoms with Gasteiger partial charge in [-0.05, 0) is 23.3 Å². The third-order valence-corrected chi connectivity index (χ3v) is 2.43. The van der Waals surface area contributed by atoms with E-state index >= 15 is 0 Å². The molecule has 0 fully saturated rings. The number of nitrogens with two attached hydrogens (primary N) is 1. The van der Waals surface area contributed by atoms with E-state index in [1.165, 1.54) is 0 Å². The van der Waals surface area contributed by atoms with Gasteiger partial charge in [-0.15, -0.1) is 0 Å². The lowest BCUT2D eigenvalue weighted by Gasteiger charge is -1.96. The molecular weight excluding hydrogens is 208 g/mol. The lowest BCUT2D eigenvalue weighted by atomic mass is 10.1. The summed E-state index contributed by atoms with van der Waals surface area (Å²) in [4.78, 5) is 3.35. The van der Waals surface area contributed by atoms with E-state index in [9.17, 15) is 0 Å². The number of hydrogen-bond donors (Lipinski definition) is 1. The lowest BCUT2D eigenvalue weighted by molar-refractivity contribution is 1.64. The van der Waals surface area contributed by atoms with E-state index in [4.69, 9.17) is 12.3 Å². The first kappa shape index (κ1) is 11.0. The highest BCUT2D eigenvalue weighted by atomic mass is 14.6. The van der Waals surface area contributed by atoms with Crippen LogP contribution in [0.15, 0.2) is 48.5 Å². The Morgan fingerprint density at radius 2 is 1.29 bits per heavy atom. The molecule has 0 saturated carbocycles. The summed E-state index contributed by atoms with van der Waals surface area (Å²) in [5, 5.41) is 0. The van der Waals surface area contributed by atoms with E-state index < -0.39 is 0 Å². The minimum Gasteiger partial charge on any atom is -0.399 e. The number of nitrogens with zero attached hydrogens (tertiary/aromatic N) is 1. The van der Waals surface area contributed by atoms with Crippen molar-refractivity contribution in [2.45, 2.75) is 0 Å². The van der Waals surface area contributed by atoms with Crippen molar-refractivity contribution in [3.05, 3.63) is 71.1 Å². The summed E-state index contributed by atoms with van der Waals surface area (Å²) in [6.45, 7) is 6.87. The van der Waals surface area contributed by atoms with E-state index in [1.54, 1.807) is 0 Å². The highest BCUT2D eigenvalue weighted by Gasteiger charge is 1.90. The van der Waals surface area contributed by atoms with Crippen LogP contribution in [0.2, 0.25) is 0 Å². The molecule has 0 bridgehead atoms. The largest absolute Gasteiger partial charge is 0.399 e. The molecule has 2 aromatic rings. The summed E-state index contributed by atoms with van der Waals surface area (Å²) in [6, 6.07) is 15.2. The molecule has 0 radical (unpaired) electrons. The Labute approximate surface area is 101 Å². The summed E-state index contributed by atoms with van der Waals surface area (Å²) in [6.07, 6.45) is 4.03. The molecule has 17 heavy (non-hydrogen) atoms. The minimum atomic E-state index is 0.662. The molecule has 0 amide bonds. The van der Waals surface area contributed by atoms with Gasteiger partial charge in [0.1, 0.15) is 0 Å². The van der Waals surface area contributed by atoms with Gasteiger partial charge >= 0.3 is 0 Å². The minimum absolute atomic E-state index is 0.662. The Kier molecular flexibility index (Phi) is 3.23. The molecule has 2 heteroatoms. The Balaban J connectivity index is 2.14.